The van der Waals surface area contributed by atoms with E-state index in [2.05, 4.69) is 10.1 Å². The minimum absolute atomic E-state index is 0.487. The van der Waals surface area contributed by atoms with E-state index in [1.165, 1.54) is 4.90 Å². The summed E-state index contributed by atoms with van der Waals surface area (Å²) in [6, 6.07) is 7.65. The number of hydrogen-bond acceptors (Lipinski definition) is 4. The van der Waals surface area contributed by atoms with Crippen molar-refractivity contribution >= 4 is 6.09 Å². The molecule has 0 aliphatic heterocycles. The highest BCUT2D eigenvalue weighted by molar-refractivity contribution is 5.67. The molecule has 1 amide bonds. The van der Waals surface area contributed by atoms with Gasteiger partial charge in [-0.1, -0.05) is 6.92 Å². The molecule has 1 aromatic heterocycles. The van der Waals surface area contributed by atoms with Crippen molar-refractivity contribution in [2.75, 3.05) is 7.11 Å². The molecule has 0 aliphatic rings. The number of aryl methyl sites for hydroxylation is 2. The van der Waals surface area contributed by atoms with Gasteiger partial charge in [-0.15, -0.1) is 0 Å². The molecule has 0 fully saturated rings. The van der Waals surface area contributed by atoms with E-state index in [4.69, 9.17) is 4.74 Å². The summed E-state index contributed by atoms with van der Waals surface area (Å²) in [6.07, 6.45) is 0.478. The predicted molar refractivity (Wildman–Crippen MR) is 110 cm³/mol. The monoisotopic (exact) mass is 388 g/mol. The molecule has 1 N–H and O–H groups in total. The fourth-order valence-corrected chi connectivity index (χ4v) is 3.62. The number of carbonyl (C=O) groups is 1. The highest BCUT2D eigenvalue weighted by Gasteiger charge is 2.38. The third kappa shape index (κ3) is 4.82. The molecule has 0 radical (unpaired) electrons. The van der Waals surface area contributed by atoms with Crippen LogP contribution in [0.3, 0.4) is 0 Å². The van der Waals surface area contributed by atoms with Crippen LogP contribution in [0.15, 0.2) is 24.3 Å². The number of carboxylic acid groups (broad SMARTS) is 1. The summed E-state index contributed by atoms with van der Waals surface area (Å²) in [5, 5.41) is 14.4. The van der Waals surface area contributed by atoms with Crippen LogP contribution in [-0.4, -0.2) is 49.1 Å². The number of benzene rings is 1. The van der Waals surface area contributed by atoms with Crippen LogP contribution in [0.2, 0.25) is 0 Å². The zero-order valence-electron chi connectivity index (χ0n) is 18.0. The van der Waals surface area contributed by atoms with Gasteiger partial charge >= 0.3 is 6.09 Å². The molecule has 1 aromatic carbocycles. The molecule has 0 unspecified atom stereocenters. The molecular formula is C21H32N4O3. The number of ether oxygens (including phenoxy) is 1. The molecule has 0 saturated carbocycles. The van der Waals surface area contributed by atoms with E-state index in [0.29, 0.717) is 18.8 Å². The molecule has 0 saturated heterocycles. The lowest BCUT2D eigenvalue weighted by molar-refractivity contribution is 0.0266. The summed E-state index contributed by atoms with van der Waals surface area (Å²) in [4.78, 5) is 18.0. The molecule has 0 bridgehead atoms. The van der Waals surface area contributed by atoms with E-state index in [1.54, 1.807) is 7.11 Å². The van der Waals surface area contributed by atoms with E-state index in [9.17, 15) is 9.90 Å². The topological polar surface area (TPSA) is 80.5 Å². The summed E-state index contributed by atoms with van der Waals surface area (Å²) >= 11 is 0. The fraction of sp³-hybridized carbons (Fsp3) is 0.571. The maximum Gasteiger partial charge on any atom is 0.408 e. The summed E-state index contributed by atoms with van der Waals surface area (Å²) < 4.78 is 7.09. The second kappa shape index (κ2) is 8.20. The van der Waals surface area contributed by atoms with Gasteiger partial charge in [-0.2, -0.15) is 5.10 Å². The van der Waals surface area contributed by atoms with Crippen LogP contribution >= 0.6 is 0 Å². The van der Waals surface area contributed by atoms with Gasteiger partial charge in [-0.3, -0.25) is 4.90 Å². The first-order valence-electron chi connectivity index (χ1n) is 9.61. The Balaban J connectivity index is 2.23. The average Bonchev–Trinajstić information content (AvgIpc) is 3.01. The molecular weight excluding hydrogens is 356 g/mol. The number of nitrogens with zero attached hydrogens (tertiary/aromatic N) is 4. The number of amides is 1. The standard InChI is InChI=1S/C21H32N4O3/c1-8-17-22-18(15-9-11-16(28-7)12-10-15)23-24(17)14-13-21(5,6)25(19(26)27)20(2,3)4/h9-12H,8,13-14H2,1-7H3,(H,26,27). The first-order chi connectivity index (χ1) is 13.0. The van der Waals surface area contributed by atoms with E-state index >= 15 is 0 Å². The van der Waals surface area contributed by atoms with Crippen LogP contribution in [0.4, 0.5) is 4.79 Å². The Hall–Kier alpha value is -2.57. The van der Waals surface area contributed by atoms with Gasteiger partial charge in [-0.05, 0) is 65.3 Å². The second-order valence-corrected chi connectivity index (χ2v) is 8.51. The van der Waals surface area contributed by atoms with Gasteiger partial charge in [0.1, 0.15) is 11.6 Å². The van der Waals surface area contributed by atoms with Crippen LogP contribution in [0.5, 0.6) is 5.75 Å². The maximum atomic E-state index is 11.8. The second-order valence-electron chi connectivity index (χ2n) is 8.51. The molecule has 154 valence electrons. The Morgan fingerprint density at radius 3 is 2.25 bits per heavy atom. The number of aromatic nitrogens is 3. The van der Waals surface area contributed by atoms with Crippen molar-refractivity contribution in [3.05, 3.63) is 30.1 Å². The minimum Gasteiger partial charge on any atom is -0.497 e. The Bertz CT molecular complexity index is 804. The largest absolute Gasteiger partial charge is 0.497 e. The van der Waals surface area contributed by atoms with Crippen LogP contribution in [0, 0.1) is 0 Å². The quantitative estimate of drug-likeness (QED) is 0.757. The van der Waals surface area contributed by atoms with Crippen molar-refractivity contribution in [3.63, 3.8) is 0 Å². The van der Waals surface area contributed by atoms with Gasteiger partial charge in [0.2, 0.25) is 0 Å². The lowest BCUT2D eigenvalue weighted by atomic mass is 9.92. The average molecular weight is 389 g/mol. The van der Waals surface area contributed by atoms with E-state index in [-0.39, 0.29) is 0 Å². The van der Waals surface area contributed by atoms with Crippen molar-refractivity contribution in [2.45, 2.75) is 72.0 Å². The van der Waals surface area contributed by atoms with Crippen LogP contribution in [0.25, 0.3) is 11.4 Å². The van der Waals surface area contributed by atoms with Crippen molar-refractivity contribution in [2.24, 2.45) is 0 Å². The molecule has 7 heteroatoms. The van der Waals surface area contributed by atoms with Gasteiger partial charge in [0.25, 0.3) is 0 Å². The molecule has 28 heavy (non-hydrogen) atoms. The third-order valence-electron chi connectivity index (χ3n) is 4.82. The summed E-state index contributed by atoms with van der Waals surface area (Å²) in [5.74, 6) is 2.35. The Kier molecular flexibility index (Phi) is 6.37. The zero-order valence-corrected chi connectivity index (χ0v) is 18.0. The SMILES string of the molecule is CCc1nc(-c2ccc(OC)cc2)nn1CCC(C)(C)N(C(=O)O)C(C)(C)C. The summed E-state index contributed by atoms with van der Waals surface area (Å²) in [5.41, 5.74) is -0.101. The molecule has 0 aliphatic carbocycles. The van der Waals surface area contributed by atoms with Crippen LogP contribution < -0.4 is 4.74 Å². The highest BCUT2D eigenvalue weighted by atomic mass is 16.5. The molecule has 2 rings (SSSR count). The van der Waals surface area contributed by atoms with Crippen LogP contribution in [-0.2, 0) is 13.0 Å². The number of hydrogen-bond donors (Lipinski definition) is 1. The van der Waals surface area contributed by atoms with E-state index in [0.717, 1.165) is 23.6 Å². The van der Waals surface area contributed by atoms with Gasteiger partial charge in [0, 0.05) is 29.6 Å². The van der Waals surface area contributed by atoms with Crippen molar-refractivity contribution in [1.82, 2.24) is 19.7 Å². The van der Waals surface area contributed by atoms with Crippen LogP contribution in [0.1, 0.15) is 53.8 Å². The molecule has 2 aromatic rings. The lowest BCUT2D eigenvalue weighted by Gasteiger charge is -2.45. The molecule has 0 spiro atoms. The third-order valence-corrected chi connectivity index (χ3v) is 4.82. The Morgan fingerprint density at radius 2 is 1.79 bits per heavy atom. The fourth-order valence-electron chi connectivity index (χ4n) is 3.62. The Morgan fingerprint density at radius 1 is 1.18 bits per heavy atom. The van der Waals surface area contributed by atoms with Crippen molar-refractivity contribution in [1.29, 1.82) is 0 Å². The zero-order chi connectivity index (χ0) is 21.1. The molecule has 1 heterocycles. The van der Waals surface area contributed by atoms with E-state index in [1.807, 2.05) is 70.5 Å². The first kappa shape index (κ1) is 21.7. The summed E-state index contributed by atoms with van der Waals surface area (Å²) in [6.45, 7) is 12.3. The molecule has 0 atom stereocenters. The number of methoxy groups -OCH3 is 1. The smallest absolute Gasteiger partial charge is 0.408 e. The predicted octanol–water partition coefficient (Wildman–Crippen LogP) is 4.46. The van der Waals surface area contributed by atoms with Crippen molar-refractivity contribution < 1.29 is 14.6 Å². The minimum atomic E-state index is -0.911. The molecule has 7 nitrogen and oxygen atoms in total. The lowest BCUT2D eigenvalue weighted by Crippen LogP contribution is -2.57. The van der Waals surface area contributed by atoms with Gasteiger partial charge < -0.3 is 9.84 Å². The normalized spacial score (nSPS) is 12.1. The first-order valence-corrected chi connectivity index (χ1v) is 9.61. The van der Waals surface area contributed by atoms with E-state index < -0.39 is 17.2 Å². The number of rotatable bonds is 7. The Labute approximate surface area is 167 Å². The van der Waals surface area contributed by atoms with Gasteiger partial charge in [0.15, 0.2) is 5.82 Å². The van der Waals surface area contributed by atoms with Gasteiger partial charge in [-0.25, -0.2) is 14.5 Å². The van der Waals surface area contributed by atoms with Gasteiger partial charge in [0.05, 0.1) is 7.11 Å². The summed E-state index contributed by atoms with van der Waals surface area (Å²) in [7, 11) is 1.64. The maximum absolute atomic E-state index is 11.8. The van der Waals surface area contributed by atoms with Crippen molar-refractivity contribution in [3.8, 4) is 17.1 Å². The highest BCUT2D eigenvalue weighted by Crippen LogP contribution is 2.29.